The van der Waals surface area contributed by atoms with Crippen LogP contribution in [0.15, 0.2) is 48.5 Å². The van der Waals surface area contributed by atoms with Gasteiger partial charge in [0.25, 0.3) is 0 Å². The zero-order chi connectivity index (χ0) is 19.8. The predicted octanol–water partition coefficient (Wildman–Crippen LogP) is 5.79. The summed E-state index contributed by atoms with van der Waals surface area (Å²) >= 11 is 0. The summed E-state index contributed by atoms with van der Waals surface area (Å²) < 4.78 is 15.5. The maximum Gasteiger partial charge on any atom is 0.150 e. The zero-order valence-electron chi connectivity index (χ0n) is 16.5. The van der Waals surface area contributed by atoms with E-state index < -0.39 is 0 Å². The van der Waals surface area contributed by atoms with E-state index in [4.69, 9.17) is 4.98 Å². The normalized spacial score (nSPS) is 11.2. The summed E-state index contributed by atoms with van der Waals surface area (Å²) in [7, 11) is 0. The van der Waals surface area contributed by atoms with Crippen LogP contribution in [0.3, 0.4) is 0 Å². The van der Waals surface area contributed by atoms with Crippen LogP contribution in [0.5, 0.6) is 0 Å². The maximum atomic E-state index is 13.4. The van der Waals surface area contributed by atoms with E-state index in [1.165, 1.54) is 17.7 Å². The number of benzene rings is 2. The SMILES string of the molecule is CCc1cccc(Nc2nc(C)nc3c2c(C)c(C)n3-c2ccc(F)cc2)c1. The predicted molar refractivity (Wildman–Crippen MR) is 112 cm³/mol. The fourth-order valence-electron chi connectivity index (χ4n) is 3.57. The van der Waals surface area contributed by atoms with Crippen LogP contribution in [0, 0.1) is 26.6 Å². The van der Waals surface area contributed by atoms with Crippen molar-refractivity contribution in [2.24, 2.45) is 0 Å². The summed E-state index contributed by atoms with van der Waals surface area (Å²) in [5.74, 6) is 1.22. The Morgan fingerprint density at radius 2 is 1.75 bits per heavy atom. The number of nitrogens with zero attached hydrogens (tertiary/aromatic N) is 3. The molecule has 0 amide bonds. The standard InChI is InChI=1S/C23H23FN4/c1-5-17-7-6-8-19(13-17)27-22-21-14(2)15(3)28(23(21)26-16(4)25-22)20-11-9-18(24)10-12-20/h6-13H,5H2,1-4H3,(H,25,26,27). The molecule has 0 bridgehead atoms. The molecule has 0 aliphatic rings. The largest absolute Gasteiger partial charge is 0.340 e. The molecule has 4 aromatic rings. The van der Waals surface area contributed by atoms with Gasteiger partial charge in [-0.25, -0.2) is 14.4 Å². The van der Waals surface area contributed by atoms with Crippen molar-refractivity contribution >= 4 is 22.5 Å². The molecule has 0 fully saturated rings. The average molecular weight is 374 g/mol. The summed E-state index contributed by atoms with van der Waals surface area (Å²) in [4.78, 5) is 9.39. The van der Waals surface area contributed by atoms with E-state index in [0.717, 1.165) is 45.9 Å². The Balaban J connectivity index is 1.91. The number of hydrogen-bond donors (Lipinski definition) is 1. The third-order valence-corrected chi connectivity index (χ3v) is 5.15. The van der Waals surface area contributed by atoms with E-state index in [2.05, 4.69) is 47.8 Å². The van der Waals surface area contributed by atoms with Gasteiger partial charge in [0, 0.05) is 17.1 Å². The molecular weight excluding hydrogens is 351 g/mol. The molecule has 0 atom stereocenters. The molecule has 28 heavy (non-hydrogen) atoms. The van der Waals surface area contributed by atoms with Gasteiger partial charge < -0.3 is 5.32 Å². The average Bonchev–Trinajstić information content (AvgIpc) is 2.93. The van der Waals surface area contributed by atoms with Gasteiger partial charge in [0.2, 0.25) is 0 Å². The second-order valence-corrected chi connectivity index (χ2v) is 7.02. The Labute approximate surface area is 164 Å². The maximum absolute atomic E-state index is 13.4. The van der Waals surface area contributed by atoms with Crippen molar-refractivity contribution in [3.05, 3.63) is 77.0 Å². The lowest BCUT2D eigenvalue weighted by molar-refractivity contribution is 0.627. The van der Waals surface area contributed by atoms with Crippen molar-refractivity contribution < 1.29 is 4.39 Å². The molecule has 4 nitrogen and oxygen atoms in total. The number of nitrogens with one attached hydrogen (secondary N) is 1. The van der Waals surface area contributed by atoms with Crippen LogP contribution in [0.1, 0.15) is 29.6 Å². The van der Waals surface area contributed by atoms with Gasteiger partial charge in [-0.05, 0) is 74.7 Å². The molecule has 0 saturated carbocycles. The molecule has 2 heterocycles. The first kappa shape index (κ1) is 18.2. The number of aromatic nitrogens is 3. The van der Waals surface area contributed by atoms with Gasteiger partial charge in [0.05, 0.1) is 5.39 Å². The highest BCUT2D eigenvalue weighted by molar-refractivity contribution is 5.94. The van der Waals surface area contributed by atoms with Gasteiger partial charge in [-0.1, -0.05) is 19.1 Å². The van der Waals surface area contributed by atoms with Gasteiger partial charge in [-0.15, -0.1) is 0 Å². The summed E-state index contributed by atoms with van der Waals surface area (Å²) in [6, 6.07) is 14.8. The molecule has 2 aromatic heterocycles. The van der Waals surface area contributed by atoms with Gasteiger partial charge >= 0.3 is 0 Å². The fourth-order valence-corrected chi connectivity index (χ4v) is 3.57. The second-order valence-electron chi connectivity index (χ2n) is 7.02. The molecule has 0 unspecified atom stereocenters. The molecular formula is C23H23FN4. The molecule has 5 heteroatoms. The van der Waals surface area contributed by atoms with E-state index in [1.54, 1.807) is 12.1 Å². The van der Waals surface area contributed by atoms with Crippen LogP contribution in [0.25, 0.3) is 16.7 Å². The molecule has 1 N–H and O–H groups in total. The topological polar surface area (TPSA) is 42.7 Å². The van der Waals surface area contributed by atoms with Crippen molar-refractivity contribution in [2.75, 3.05) is 5.32 Å². The Hall–Kier alpha value is -3.21. The van der Waals surface area contributed by atoms with E-state index >= 15 is 0 Å². The minimum Gasteiger partial charge on any atom is -0.340 e. The second kappa shape index (κ2) is 7.08. The first-order valence-electron chi connectivity index (χ1n) is 9.46. The van der Waals surface area contributed by atoms with Gasteiger partial charge in [0.15, 0.2) is 5.65 Å². The number of rotatable bonds is 4. The molecule has 0 saturated heterocycles. The minimum absolute atomic E-state index is 0.251. The number of aryl methyl sites for hydroxylation is 3. The van der Waals surface area contributed by atoms with E-state index in [0.29, 0.717) is 5.82 Å². The molecule has 0 aliphatic carbocycles. The lowest BCUT2D eigenvalue weighted by atomic mass is 10.1. The van der Waals surface area contributed by atoms with Crippen LogP contribution in [-0.2, 0) is 6.42 Å². The van der Waals surface area contributed by atoms with Crippen molar-refractivity contribution in [3.8, 4) is 5.69 Å². The van der Waals surface area contributed by atoms with Crippen molar-refractivity contribution in [3.63, 3.8) is 0 Å². The molecule has 0 spiro atoms. The summed E-state index contributed by atoms with van der Waals surface area (Å²) in [6.45, 7) is 8.16. The summed E-state index contributed by atoms with van der Waals surface area (Å²) in [5, 5.41) is 4.46. The van der Waals surface area contributed by atoms with E-state index in [-0.39, 0.29) is 5.82 Å². The van der Waals surface area contributed by atoms with E-state index in [1.807, 2.05) is 19.1 Å². The molecule has 0 radical (unpaired) electrons. The number of anilines is 2. The Kier molecular flexibility index (Phi) is 4.59. The van der Waals surface area contributed by atoms with Crippen LogP contribution >= 0.6 is 0 Å². The van der Waals surface area contributed by atoms with Crippen LogP contribution in [0.2, 0.25) is 0 Å². The number of fused-ring (bicyclic) bond motifs is 1. The summed E-state index contributed by atoms with van der Waals surface area (Å²) in [6.07, 6.45) is 0.979. The monoisotopic (exact) mass is 374 g/mol. The molecule has 2 aromatic carbocycles. The highest BCUT2D eigenvalue weighted by Crippen LogP contribution is 2.33. The van der Waals surface area contributed by atoms with Gasteiger partial charge in [-0.2, -0.15) is 0 Å². The molecule has 0 aliphatic heterocycles. The zero-order valence-corrected chi connectivity index (χ0v) is 16.5. The Morgan fingerprint density at radius 3 is 2.46 bits per heavy atom. The smallest absolute Gasteiger partial charge is 0.150 e. The fraction of sp³-hybridized carbons (Fsp3) is 0.217. The molecule has 4 rings (SSSR count). The Bertz CT molecular complexity index is 1160. The first-order valence-corrected chi connectivity index (χ1v) is 9.46. The minimum atomic E-state index is -0.251. The van der Waals surface area contributed by atoms with Gasteiger partial charge in [0.1, 0.15) is 17.5 Å². The highest BCUT2D eigenvalue weighted by atomic mass is 19.1. The number of halogens is 1. The van der Waals surface area contributed by atoms with Crippen LogP contribution in [0.4, 0.5) is 15.9 Å². The van der Waals surface area contributed by atoms with Crippen LogP contribution < -0.4 is 5.32 Å². The van der Waals surface area contributed by atoms with Crippen molar-refractivity contribution in [2.45, 2.75) is 34.1 Å². The molecule has 142 valence electrons. The quantitative estimate of drug-likeness (QED) is 0.491. The summed E-state index contributed by atoms with van der Waals surface area (Å²) in [5.41, 5.74) is 6.15. The third-order valence-electron chi connectivity index (χ3n) is 5.15. The first-order chi connectivity index (χ1) is 13.5. The lowest BCUT2D eigenvalue weighted by Gasteiger charge is -2.11. The van der Waals surface area contributed by atoms with Gasteiger partial charge in [-0.3, -0.25) is 4.57 Å². The van der Waals surface area contributed by atoms with Crippen LogP contribution in [-0.4, -0.2) is 14.5 Å². The van der Waals surface area contributed by atoms with E-state index in [9.17, 15) is 4.39 Å². The number of hydrogen-bond acceptors (Lipinski definition) is 3. The van der Waals surface area contributed by atoms with Crippen molar-refractivity contribution in [1.82, 2.24) is 14.5 Å². The van der Waals surface area contributed by atoms with Crippen molar-refractivity contribution in [1.29, 1.82) is 0 Å². The lowest BCUT2D eigenvalue weighted by Crippen LogP contribution is -2.02. The Morgan fingerprint density at radius 1 is 1.00 bits per heavy atom. The third kappa shape index (κ3) is 3.13. The highest BCUT2D eigenvalue weighted by Gasteiger charge is 2.19.